The molecule has 2 aromatic carbocycles. The van der Waals surface area contributed by atoms with Crippen molar-refractivity contribution < 1.29 is 14.3 Å². The monoisotopic (exact) mass is 425 g/mol. The molecule has 2 heterocycles. The van der Waals surface area contributed by atoms with Gasteiger partial charge in [-0.2, -0.15) is 5.10 Å². The largest absolute Gasteiger partial charge is 0.508 e. The predicted molar refractivity (Wildman–Crippen MR) is 112 cm³/mol. The second-order valence-electron chi connectivity index (χ2n) is 8.51. The molecule has 1 saturated heterocycles. The Morgan fingerprint density at radius 3 is 2.70 bits per heavy atom. The van der Waals surface area contributed by atoms with Crippen LogP contribution in [0.15, 0.2) is 48.7 Å². The summed E-state index contributed by atoms with van der Waals surface area (Å²) < 4.78 is 16.0. The minimum absolute atomic E-state index is 0.0761. The van der Waals surface area contributed by atoms with E-state index >= 15 is 0 Å². The van der Waals surface area contributed by atoms with Crippen molar-refractivity contribution in [3.63, 3.8) is 0 Å². The van der Waals surface area contributed by atoms with Crippen LogP contribution in [0.1, 0.15) is 34.8 Å². The first-order chi connectivity index (χ1) is 14.3. The molecule has 5 rings (SSSR count). The Labute approximate surface area is 178 Å². The minimum Gasteiger partial charge on any atom is -0.508 e. The summed E-state index contributed by atoms with van der Waals surface area (Å²) >= 11 is 6.33. The summed E-state index contributed by atoms with van der Waals surface area (Å²) in [6.07, 6.45) is 3.92. The highest BCUT2D eigenvalue weighted by atomic mass is 35.5. The van der Waals surface area contributed by atoms with Gasteiger partial charge in [0.15, 0.2) is 0 Å². The zero-order valence-electron chi connectivity index (χ0n) is 16.5. The number of aromatic hydroxyl groups is 1. The number of aryl methyl sites for hydroxylation is 1. The van der Waals surface area contributed by atoms with Gasteiger partial charge in [-0.05, 0) is 49.6 Å². The maximum Gasteiger partial charge on any atom is 0.257 e. The molecule has 7 heteroatoms. The number of amides is 1. The van der Waals surface area contributed by atoms with E-state index < -0.39 is 5.82 Å². The molecule has 0 radical (unpaired) electrons. The molecule has 30 heavy (non-hydrogen) atoms. The standard InChI is InChI=1S/C23H21ClFN3O2/c1-14-11-28(26-21(14)17-4-2-3-5-19(17)24)15-9-23(10-15)12-27(13-23)22(30)18-8-16(29)6-7-20(18)25/h2-8,11,15,29H,9-10,12-13H2,1H3. The Morgan fingerprint density at radius 1 is 1.23 bits per heavy atom. The highest BCUT2D eigenvalue weighted by Crippen LogP contribution is 2.54. The van der Waals surface area contributed by atoms with E-state index in [0.29, 0.717) is 18.1 Å². The molecule has 1 spiro atoms. The number of hydrogen-bond donors (Lipinski definition) is 1. The molecule has 1 N–H and O–H groups in total. The zero-order chi connectivity index (χ0) is 21.0. The molecule has 1 aliphatic carbocycles. The summed E-state index contributed by atoms with van der Waals surface area (Å²) in [4.78, 5) is 14.2. The van der Waals surface area contributed by atoms with Crippen LogP contribution >= 0.6 is 11.6 Å². The third-order valence-corrected chi connectivity index (χ3v) is 6.60. The van der Waals surface area contributed by atoms with Gasteiger partial charge in [0.25, 0.3) is 5.91 Å². The SMILES string of the molecule is Cc1cn(C2CC3(C2)CN(C(=O)c2cc(O)ccc2F)C3)nc1-c1ccccc1Cl. The van der Waals surface area contributed by atoms with Gasteiger partial charge in [-0.15, -0.1) is 0 Å². The molecule has 1 aliphatic heterocycles. The van der Waals surface area contributed by atoms with Gasteiger partial charge >= 0.3 is 0 Å². The quantitative estimate of drug-likeness (QED) is 0.653. The lowest BCUT2D eigenvalue weighted by atomic mass is 9.60. The molecule has 154 valence electrons. The number of hydrogen-bond acceptors (Lipinski definition) is 3. The van der Waals surface area contributed by atoms with Gasteiger partial charge in [0.2, 0.25) is 0 Å². The van der Waals surface area contributed by atoms with Crippen LogP contribution in [-0.4, -0.2) is 38.8 Å². The van der Waals surface area contributed by atoms with Crippen molar-refractivity contribution in [1.82, 2.24) is 14.7 Å². The van der Waals surface area contributed by atoms with Gasteiger partial charge < -0.3 is 10.0 Å². The number of phenols is 1. The Bertz CT molecular complexity index is 1150. The van der Waals surface area contributed by atoms with Crippen molar-refractivity contribution in [3.8, 4) is 17.0 Å². The second-order valence-corrected chi connectivity index (χ2v) is 8.92. The van der Waals surface area contributed by atoms with Crippen LogP contribution in [-0.2, 0) is 0 Å². The van der Waals surface area contributed by atoms with E-state index in [2.05, 4.69) is 6.20 Å². The summed E-state index contributed by atoms with van der Waals surface area (Å²) in [5.74, 6) is -1.08. The zero-order valence-corrected chi connectivity index (χ0v) is 17.2. The van der Waals surface area contributed by atoms with Crippen LogP contribution in [0.2, 0.25) is 5.02 Å². The smallest absolute Gasteiger partial charge is 0.257 e. The average Bonchev–Trinajstić information content (AvgIpc) is 3.03. The van der Waals surface area contributed by atoms with E-state index in [4.69, 9.17) is 16.7 Å². The number of carbonyl (C=O) groups excluding carboxylic acids is 1. The fourth-order valence-corrected chi connectivity index (χ4v) is 4.95. The predicted octanol–water partition coefficient (Wildman–Crippen LogP) is 4.83. The highest BCUT2D eigenvalue weighted by Gasteiger charge is 2.54. The lowest BCUT2D eigenvalue weighted by Crippen LogP contribution is -2.63. The first kappa shape index (κ1) is 19.1. The van der Waals surface area contributed by atoms with E-state index in [0.717, 1.165) is 35.7 Å². The third-order valence-electron chi connectivity index (χ3n) is 6.28. The lowest BCUT2D eigenvalue weighted by Gasteiger charge is -2.58. The number of aromatic nitrogens is 2. The minimum atomic E-state index is -0.607. The molecule has 0 unspecified atom stereocenters. The van der Waals surface area contributed by atoms with Crippen molar-refractivity contribution in [2.24, 2.45) is 5.41 Å². The topological polar surface area (TPSA) is 58.4 Å². The Kier molecular flexibility index (Phi) is 4.36. The van der Waals surface area contributed by atoms with Crippen LogP contribution in [0, 0.1) is 18.2 Å². The normalized spacial score (nSPS) is 17.6. The number of likely N-dealkylation sites (tertiary alicyclic amines) is 1. The fraction of sp³-hybridized carbons (Fsp3) is 0.304. The maximum absolute atomic E-state index is 13.9. The molecule has 3 aromatic rings. The lowest BCUT2D eigenvalue weighted by molar-refractivity contribution is -0.0739. The van der Waals surface area contributed by atoms with Gasteiger partial charge in [0, 0.05) is 30.3 Å². The highest BCUT2D eigenvalue weighted by molar-refractivity contribution is 6.33. The molecule has 1 aromatic heterocycles. The summed E-state index contributed by atoms with van der Waals surface area (Å²) in [7, 11) is 0. The molecule has 0 atom stereocenters. The number of carbonyl (C=O) groups is 1. The average molecular weight is 426 g/mol. The van der Waals surface area contributed by atoms with Crippen molar-refractivity contribution in [2.45, 2.75) is 25.8 Å². The van der Waals surface area contributed by atoms with Gasteiger partial charge in [0.05, 0.1) is 22.3 Å². The third kappa shape index (κ3) is 3.06. The molecular formula is C23H21ClFN3O2. The van der Waals surface area contributed by atoms with E-state index in [1.54, 1.807) is 4.90 Å². The number of nitrogens with zero attached hydrogens (tertiary/aromatic N) is 3. The second kappa shape index (κ2) is 6.84. The molecule has 1 amide bonds. The van der Waals surface area contributed by atoms with Gasteiger partial charge in [-0.3, -0.25) is 9.48 Å². The molecule has 0 bridgehead atoms. The molecular weight excluding hydrogens is 405 g/mol. The number of halogens is 2. The summed E-state index contributed by atoms with van der Waals surface area (Å²) in [5, 5.41) is 15.0. The molecule has 1 saturated carbocycles. The Hall–Kier alpha value is -2.86. The van der Waals surface area contributed by atoms with Crippen LogP contribution in [0.5, 0.6) is 5.75 Å². The van der Waals surface area contributed by atoms with Gasteiger partial charge in [-0.25, -0.2) is 4.39 Å². The van der Waals surface area contributed by atoms with Crippen molar-refractivity contribution in [1.29, 1.82) is 0 Å². The number of benzene rings is 2. The molecule has 5 nitrogen and oxygen atoms in total. The van der Waals surface area contributed by atoms with Crippen molar-refractivity contribution in [2.75, 3.05) is 13.1 Å². The molecule has 2 fully saturated rings. The van der Waals surface area contributed by atoms with E-state index in [9.17, 15) is 14.3 Å². The van der Waals surface area contributed by atoms with Gasteiger partial charge in [-0.1, -0.05) is 29.8 Å². The van der Waals surface area contributed by atoms with Crippen LogP contribution in [0.3, 0.4) is 0 Å². The van der Waals surface area contributed by atoms with E-state index in [1.165, 1.54) is 12.1 Å². The first-order valence-corrected chi connectivity index (χ1v) is 10.3. The maximum atomic E-state index is 13.9. The van der Waals surface area contributed by atoms with E-state index in [-0.39, 0.29) is 28.7 Å². The summed E-state index contributed by atoms with van der Waals surface area (Å²) in [6, 6.07) is 11.5. The fourth-order valence-electron chi connectivity index (χ4n) is 4.73. The summed E-state index contributed by atoms with van der Waals surface area (Å²) in [5.41, 5.74) is 2.91. The van der Waals surface area contributed by atoms with Crippen LogP contribution in [0.25, 0.3) is 11.3 Å². The first-order valence-electron chi connectivity index (χ1n) is 9.94. The summed E-state index contributed by atoms with van der Waals surface area (Å²) in [6.45, 7) is 3.24. The Balaban J connectivity index is 1.25. The van der Waals surface area contributed by atoms with Crippen molar-refractivity contribution in [3.05, 3.63) is 70.6 Å². The van der Waals surface area contributed by atoms with Crippen molar-refractivity contribution >= 4 is 17.5 Å². The number of phenolic OH excluding ortho intramolecular Hbond substituents is 1. The van der Waals surface area contributed by atoms with Crippen LogP contribution in [0.4, 0.5) is 4.39 Å². The van der Waals surface area contributed by atoms with E-state index in [1.807, 2.05) is 35.9 Å². The Morgan fingerprint density at radius 2 is 1.97 bits per heavy atom. The van der Waals surface area contributed by atoms with Gasteiger partial charge in [0.1, 0.15) is 11.6 Å². The van der Waals surface area contributed by atoms with Crippen LogP contribution < -0.4 is 0 Å². The number of rotatable bonds is 3. The molecule has 2 aliphatic rings.